The Labute approximate surface area is 163 Å². The first-order chi connectivity index (χ1) is 12.5. The Morgan fingerprint density at radius 3 is 2.85 bits per heavy atom. The second kappa shape index (κ2) is 8.11. The van der Waals surface area contributed by atoms with Gasteiger partial charge in [0, 0.05) is 30.3 Å². The summed E-state index contributed by atoms with van der Waals surface area (Å²) in [6, 6.07) is 9.83. The van der Waals surface area contributed by atoms with Crippen LogP contribution in [0, 0.1) is 5.82 Å². The number of nitrogens with zero attached hydrogens (tertiary/aromatic N) is 2. The van der Waals surface area contributed by atoms with Crippen LogP contribution >= 0.6 is 27.3 Å². The number of nitrogens with two attached hydrogens (primary N) is 1. The molecule has 5 nitrogen and oxygen atoms in total. The van der Waals surface area contributed by atoms with Gasteiger partial charge in [0.15, 0.2) is 0 Å². The van der Waals surface area contributed by atoms with E-state index in [1.54, 1.807) is 35.1 Å². The van der Waals surface area contributed by atoms with Crippen molar-refractivity contribution >= 4 is 33.2 Å². The monoisotopic (exact) mass is 436 g/mol. The zero-order chi connectivity index (χ0) is 18.7. The molecule has 8 heteroatoms. The highest BCUT2D eigenvalue weighted by Crippen LogP contribution is 2.36. The van der Waals surface area contributed by atoms with Gasteiger partial charge in [-0.25, -0.2) is 4.39 Å². The average Bonchev–Trinajstić information content (AvgIpc) is 3.21. The van der Waals surface area contributed by atoms with E-state index in [4.69, 9.17) is 5.73 Å². The topological polar surface area (TPSA) is 72.9 Å². The molecule has 3 aromatic rings. The molecule has 0 spiro atoms. The van der Waals surface area contributed by atoms with Crippen LogP contribution in [0.15, 0.2) is 47.1 Å². The summed E-state index contributed by atoms with van der Waals surface area (Å²) in [4.78, 5) is 14.1. The van der Waals surface area contributed by atoms with E-state index >= 15 is 0 Å². The van der Waals surface area contributed by atoms with Crippen LogP contribution in [0.4, 0.5) is 4.39 Å². The molecule has 0 aliphatic rings. The summed E-state index contributed by atoms with van der Waals surface area (Å²) < 4.78 is 16.4. The highest BCUT2D eigenvalue weighted by atomic mass is 79.9. The smallest absolute Gasteiger partial charge is 0.261 e. The minimum Gasteiger partial charge on any atom is -0.347 e. The molecule has 3 rings (SSSR count). The minimum absolute atomic E-state index is 0.223. The summed E-state index contributed by atoms with van der Waals surface area (Å²) in [5.41, 5.74) is 7.23. The maximum atomic E-state index is 13.8. The first-order valence-electron chi connectivity index (χ1n) is 8.01. The van der Waals surface area contributed by atoms with Gasteiger partial charge in [-0.1, -0.05) is 18.2 Å². The Kier molecular flexibility index (Phi) is 5.85. The Hall–Kier alpha value is -2.03. The number of benzene rings is 1. The van der Waals surface area contributed by atoms with E-state index in [1.807, 2.05) is 13.1 Å². The molecule has 1 amide bonds. The van der Waals surface area contributed by atoms with Gasteiger partial charge in [-0.15, -0.1) is 11.3 Å². The van der Waals surface area contributed by atoms with Gasteiger partial charge >= 0.3 is 0 Å². The van der Waals surface area contributed by atoms with Crippen LogP contribution in [-0.4, -0.2) is 28.3 Å². The SMILES string of the molecule is Cn1nccc1-c1sc(C(=O)N[C@@H](CN)Cc2ccccc2F)cc1Br. The molecule has 0 fully saturated rings. The van der Waals surface area contributed by atoms with Crippen LogP contribution in [0.2, 0.25) is 0 Å². The van der Waals surface area contributed by atoms with Crippen LogP contribution in [0.5, 0.6) is 0 Å². The van der Waals surface area contributed by atoms with E-state index in [-0.39, 0.29) is 24.3 Å². The van der Waals surface area contributed by atoms with E-state index < -0.39 is 0 Å². The van der Waals surface area contributed by atoms with Gasteiger partial charge < -0.3 is 11.1 Å². The van der Waals surface area contributed by atoms with Crippen LogP contribution in [0.25, 0.3) is 10.6 Å². The second-order valence-corrected chi connectivity index (χ2v) is 7.74. The number of amides is 1. The van der Waals surface area contributed by atoms with Gasteiger partial charge in [-0.2, -0.15) is 5.10 Å². The van der Waals surface area contributed by atoms with Crippen LogP contribution in [0.1, 0.15) is 15.2 Å². The lowest BCUT2D eigenvalue weighted by molar-refractivity contribution is 0.0942. The van der Waals surface area contributed by atoms with Gasteiger partial charge in [-0.3, -0.25) is 9.48 Å². The van der Waals surface area contributed by atoms with Gasteiger partial charge in [-0.05, 0) is 46.1 Å². The molecular formula is C18H18BrFN4OS. The van der Waals surface area contributed by atoms with Crippen molar-refractivity contribution in [2.75, 3.05) is 6.54 Å². The Morgan fingerprint density at radius 2 is 2.19 bits per heavy atom. The number of aromatic nitrogens is 2. The minimum atomic E-state index is -0.347. The van der Waals surface area contributed by atoms with Crippen molar-refractivity contribution in [1.82, 2.24) is 15.1 Å². The Balaban J connectivity index is 1.75. The lowest BCUT2D eigenvalue weighted by Gasteiger charge is -2.16. The number of carbonyl (C=O) groups is 1. The maximum absolute atomic E-state index is 13.8. The lowest BCUT2D eigenvalue weighted by Crippen LogP contribution is -2.41. The first-order valence-corrected chi connectivity index (χ1v) is 9.62. The highest BCUT2D eigenvalue weighted by molar-refractivity contribution is 9.10. The summed E-state index contributed by atoms with van der Waals surface area (Å²) in [5.74, 6) is -0.520. The van der Waals surface area contributed by atoms with Crippen molar-refractivity contribution in [1.29, 1.82) is 0 Å². The zero-order valence-electron chi connectivity index (χ0n) is 14.1. The van der Waals surface area contributed by atoms with E-state index in [2.05, 4.69) is 26.3 Å². The predicted molar refractivity (Wildman–Crippen MR) is 105 cm³/mol. The number of rotatable bonds is 6. The molecule has 2 heterocycles. The van der Waals surface area contributed by atoms with Crippen molar-refractivity contribution in [3.63, 3.8) is 0 Å². The summed E-state index contributed by atoms with van der Waals surface area (Å²) >= 11 is 4.87. The van der Waals surface area contributed by atoms with Gasteiger partial charge in [0.2, 0.25) is 0 Å². The molecule has 0 saturated heterocycles. The number of hydrogen-bond donors (Lipinski definition) is 2. The quantitative estimate of drug-likeness (QED) is 0.622. The van der Waals surface area contributed by atoms with Gasteiger partial charge in [0.05, 0.1) is 15.4 Å². The standard InChI is InChI=1S/C18H18BrFN4OS/c1-24-15(6-7-22-24)17-13(19)9-16(26-17)18(25)23-12(10-21)8-11-4-2-3-5-14(11)20/h2-7,9,12H,8,10,21H2,1H3,(H,23,25)/t12-/m1/s1. The van der Waals surface area contributed by atoms with Crippen LogP contribution in [-0.2, 0) is 13.5 Å². The molecule has 2 aromatic heterocycles. The van der Waals surface area contributed by atoms with Crippen molar-refractivity contribution in [3.8, 4) is 10.6 Å². The van der Waals surface area contributed by atoms with Gasteiger partial charge in [0.1, 0.15) is 5.82 Å². The van der Waals surface area contributed by atoms with Crippen molar-refractivity contribution in [2.24, 2.45) is 12.8 Å². The largest absolute Gasteiger partial charge is 0.347 e. The Bertz CT molecular complexity index is 924. The molecule has 0 radical (unpaired) electrons. The lowest BCUT2D eigenvalue weighted by atomic mass is 10.1. The molecular weight excluding hydrogens is 419 g/mol. The highest BCUT2D eigenvalue weighted by Gasteiger charge is 2.19. The normalized spacial score (nSPS) is 12.2. The fourth-order valence-electron chi connectivity index (χ4n) is 2.63. The third kappa shape index (κ3) is 4.03. The van der Waals surface area contributed by atoms with E-state index in [0.717, 1.165) is 15.0 Å². The van der Waals surface area contributed by atoms with Crippen molar-refractivity contribution in [3.05, 3.63) is 63.3 Å². The summed E-state index contributed by atoms with van der Waals surface area (Å²) in [7, 11) is 1.85. The zero-order valence-corrected chi connectivity index (χ0v) is 16.5. The molecule has 0 saturated carbocycles. The average molecular weight is 437 g/mol. The molecule has 1 atom stereocenters. The summed E-state index contributed by atoms with van der Waals surface area (Å²) in [6.07, 6.45) is 2.05. The second-order valence-electron chi connectivity index (χ2n) is 5.83. The summed E-state index contributed by atoms with van der Waals surface area (Å²) in [5, 5.41) is 7.05. The van der Waals surface area contributed by atoms with Crippen molar-refractivity contribution in [2.45, 2.75) is 12.5 Å². The van der Waals surface area contributed by atoms with E-state index in [9.17, 15) is 9.18 Å². The van der Waals surface area contributed by atoms with E-state index in [1.165, 1.54) is 17.4 Å². The van der Waals surface area contributed by atoms with Crippen LogP contribution < -0.4 is 11.1 Å². The maximum Gasteiger partial charge on any atom is 0.261 e. The molecule has 3 N–H and O–H groups in total. The third-order valence-corrected chi connectivity index (χ3v) is 6.05. The molecule has 1 aromatic carbocycles. The molecule has 0 aliphatic carbocycles. The fraction of sp³-hybridized carbons (Fsp3) is 0.222. The predicted octanol–water partition coefficient (Wildman–Crippen LogP) is 3.35. The van der Waals surface area contributed by atoms with E-state index in [0.29, 0.717) is 16.9 Å². The van der Waals surface area contributed by atoms with Crippen LogP contribution in [0.3, 0.4) is 0 Å². The fourth-order valence-corrected chi connectivity index (χ4v) is 4.47. The number of nitrogens with one attached hydrogen (secondary N) is 1. The summed E-state index contributed by atoms with van der Waals surface area (Å²) in [6.45, 7) is 0.223. The van der Waals surface area contributed by atoms with Gasteiger partial charge in [0.25, 0.3) is 5.91 Å². The molecule has 0 unspecified atom stereocenters. The first kappa shape index (κ1) is 18.8. The number of carbonyl (C=O) groups excluding carboxylic acids is 1. The number of aryl methyl sites for hydroxylation is 1. The molecule has 0 aliphatic heterocycles. The molecule has 136 valence electrons. The number of thiophene rings is 1. The van der Waals surface area contributed by atoms with Crippen molar-refractivity contribution < 1.29 is 9.18 Å². The molecule has 0 bridgehead atoms. The Morgan fingerprint density at radius 1 is 1.42 bits per heavy atom. The number of halogens is 2. The number of hydrogen-bond acceptors (Lipinski definition) is 4. The third-order valence-electron chi connectivity index (χ3n) is 4.01. The molecule has 26 heavy (non-hydrogen) atoms.